The number of rotatable bonds is 4. The molecule has 0 radical (unpaired) electrons. The van der Waals surface area contributed by atoms with E-state index in [1.165, 1.54) is 29.2 Å². The third-order valence-corrected chi connectivity index (χ3v) is 3.30. The Morgan fingerprint density at radius 1 is 1.38 bits per heavy atom. The monoisotopic (exact) mass is 323 g/mol. The highest BCUT2D eigenvalue weighted by Gasteiger charge is 2.22. The molecule has 0 atom stereocenters. The predicted molar refractivity (Wildman–Crippen MR) is 79.4 cm³/mol. The van der Waals surface area contributed by atoms with Crippen molar-refractivity contribution in [1.82, 2.24) is 24.3 Å². The van der Waals surface area contributed by atoms with Crippen LogP contribution in [0.1, 0.15) is 22.0 Å². The lowest BCUT2D eigenvalue weighted by molar-refractivity contribution is -0.384. The van der Waals surface area contributed by atoms with E-state index in [0.717, 1.165) is 10.7 Å². The molecule has 118 valence electrons. The molecule has 2 heterocycles. The van der Waals surface area contributed by atoms with Crippen LogP contribution in [0.15, 0.2) is 36.9 Å². The van der Waals surface area contributed by atoms with Crippen LogP contribution >= 0.6 is 0 Å². The van der Waals surface area contributed by atoms with Gasteiger partial charge in [0.05, 0.1) is 4.92 Å². The fourth-order valence-corrected chi connectivity index (χ4v) is 2.15. The average Bonchev–Trinajstić information content (AvgIpc) is 3.22. The number of aromatic nitrogens is 5. The maximum absolute atomic E-state index is 12.4. The van der Waals surface area contributed by atoms with Crippen LogP contribution in [0.5, 0.6) is 0 Å². The maximum Gasteiger partial charge on any atom is 0.295 e. The SMILES string of the molecule is Cn1ccnc1C(=O)c1ccc(-n2cnc(C#N)n2)c([N+](=O)[O-])c1. The Bertz CT molecular complexity index is 996. The minimum absolute atomic E-state index is 0.102. The molecule has 3 aromatic rings. The van der Waals surface area contributed by atoms with Crippen LogP contribution < -0.4 is 0 Å². The van der Waals surface area contributed by atoms with Crippen LogP contribution in [0.2, 0.25) is 0 Å². The van der Waals surface area contributed by atoms with Crippen molar-refractivity contribution < 1.29 is 9.72 Å². The number of nitriles is 1. The molecule has 0 saturated carbocycles. The molecule has 0 spiro atoms. The van der Waals surface area contributed by atoms with E-state index in [0.29, 0.717) is 0 Å². The molecule has 1 aromatic carbocycles. The van der Waals surface area contributed by atoms with Crippen LogP contribution in [0.3, 0.4) is 0 Å². The van der Waals surface area contributed by atoms with Gasteiger partial charge in [-0.15, -0.1) is 5.10 Å². The number of hydrogen-bond donors (Lipinski definition) is 0. The van der Waals surface area contributed by atoms with Crippen LogP contribution in [-0.4, -0.2) is 35.0 Å². The number of nitrogens with zero attached hydrogens (tertiary/aromatic N) is 7. The van der Waals surface area contributed by atoms with Crippen molar-refractivity contribution in [3.8, 4) is 11.8 Å². The van der Waals surface area contributed by atoms with Gasteiger partial charge in [0, 0.05) is 31.1 Å². The summed E-state index contributed by atoms with van der Waals surface area (Å²) in [4.78, 5) is 30.8. The number of imidazole rings is 1. The molecule has 0 bridgehead atoms. The van der Waals surface area contributed by atoms with Crippen molar-refractivity contribution in [2.24, 2.45) is 7.05 Å². The van der Waals surface area contributed by atoms with Crippen molar-refractivity contribution in [2.75, 3.05) is 0 Å². The maximum atomic E-state index is 12.4. The van der Waals surface area contributed by atoms with Gasteiger partial charge in [-0.25, -0.2) is 14.6 Å². The molecule has 0 N–H and O–H groups in total. The lowest BCUT2D eigenvalue weighted by Crippen LogP contribution is -2.10. The third kappa shape index (κ3) is 2.50. The zero-order valence-electron chi connectivity index (χ0n) is 12.3. The second-order valence-corrected chi connectivity index (χ2v) is 4.78. The predicted octanol–water partition coefficient (Wildman–Crippen LogP) is 1.01. The van der Waals surface area contributed by atoms with E-state index >= 15 is 0 Å². The van der Waals surface area contributed by atoms with E-state index in [4.69, 9.17) is 5.26 Å². The molecular weight excluding hydrogens is 314 g/mol. The summed E-state index contributed by atoms with van der Waals surface area (Å²) >= 11 is 0. The lowest BCUT2D eigenvalue weighted by Gasteiger charge is -2.05. The van der Waals surface area contributed by atoms with Gasteiger partial charge in [-0.2, -0.15) is 5.26 Å². The van der Waals surface area contributed by atoms with E-state index in [-0.39, 0.29) is 28.6 Å². The first-order valence-corrected chi connectivity index (χ1v) is 6.64. The number of ketones is 1. The summed E-state index contributed by atoms with van der Waals surface area (Å²) in [6, 6.07) is 5.71. The van der Waals surface area contributed by atoms with Crippen molar-refractivity contribution in [2.45, 2.75) is 0 Å². The first kappa shape index (κ1) is 15.0. The Hall–Kier alpha value is -3.87. The van der Waals surface area contributed by atoms with Crippen molar-refractivity contribution in [3.63, 3.8) is 0 Å². The zero-order chi connectivity index (χ0) is 17.3. The fourth-order valence-electron chi connectivity index (χ4n) is 2.15. The van der Waals surface area contributed by atoms with E-state index in [9.17, 15) is 14.9 Å². The number of nitro groups is 1. The molecule has 0 fully saturated rings. The average molecular weight is 323 g/mol. The normalized spacial score (nSPS) is 10.3. The van der Waals surface area contributed by atoms with Crippen LogP contribution in [0, 0.1) is 21.4 Å². The van der Waals surface area contributed by atoms with Crippen molar-refractivity contribution in [3.05, 3.63) is 64.2 Å². The summed E-state index contributed by atoms with van der Waals surface area (Å²) in [5.41, 5.74) is -0.102. The standard InChI is InChI=1S/C14H9N7O3/c1-19-5-4-16-14(19)13(22)9-2-3-10(11(6-9)21(23)24)20-8-17-12(7-15)18-20/h2-6,8H,1H3. The first-order valence-electron chi connectivity index (χ1n) is 6.64. The van der Waals surface area contributed by atoms with Gasteiger partial charge >= 0.3 is 0 Å². The Balaban J connectivity index is 2.08. The minimum Gasteiger partial charge on any atom is -0.331 e. The highest BCUT2D eigenvalue weighted by Crippen LogP contribution is 2.24. The number of carbonyl (C=O) groups excluding carboxylic acids is 1. The Morgan fingerprint density at radius 3 is 2.75 bits per heavy atom. The summed E-state index contributed by atoms with van der Waals surface area (Å²) in [5, 5.41) is 23.9. The lowest BCUT2D eigenvalue weighted by atomic mass is 10.1. The molecule has 3 rings (SSSR count). The number of benzene rings is 1. The summed E-state index contributed by atoms with van der Waals surface area (Å²) < 4.78 is 2.64. The molecule has 0 aliphatic carbocycles. The van der Waals surface area contributed by atoms with Gasteiger partial charge in [-0.3, -0.25) is 14.9 Å². The van der Waals surface area contributed by atoms with Crippen LogP contribution in [0.4, 0.5) is 5.69 Å². The number of nitro benzene ring substituents is 1. The molecule has 0 aliphatic heterocycles. The highest BCUT2D eigenvalue weighted by atomic mass is 16.6. The van der Waals surface area contributed by atoms with Gasteiger partial charge in [0.1, 0.15) is 18.1 Å². The molecule has 2 aromatic heterocycles. The van der Waals surface area contributed by atoms with Crippen molar-refractivity contribution >= 4 is 11.5 Å². The first-order chi connectivity index (χ1) is 11.5. The van der Waals surface area contributed by atoms with E-state index in [1.54, 1.807) is 19.3 Å². The second-order valence-electron chi connectivity index (χ2n) is 4.78. The van der Waals surface area contributed by atoms with Gasteiger partial charge in [0.15, 0.2) is 5.82 Å². The summed E-state index contributed by atoms with van der Waals surface area (Å²) in [7, 11) is 1.65. The van der Waals surface area contributed by atoms with Crippen LogP contribution in [-0.2, 0) is 7.05 Å². The van der Waals surface area contributed by atoms with Gasteiger partial charge in [-0.05, 0) is 12.1 Å². The minimum atomic E-state index is -0.627. The molecule has 10 heteroatoms. The van der Waals surface area contributed by atoms with Gasteiger partial charge in [0.2, 0.25) is 5.78 Å². The summed E-state index contributed by atoms with van der Waals surface area (Å²) in [6.45, 7) is 0. The topological polar surface area (TPSA) is 133 Å². The number of aryl methyl sites for hydroxylation is 1. The molecule has 0 aliphatic rings. The number of carbonyl (C=O) groups is 1. The number of hydrogen-bond acceptors (Lipinski definition) is 7. The van der Waals surface area contributed by atoms with Crippen LogP contribution in [0.25, 0.3) is 5.69 Å². The smallest absolute Gasteiger partial charge is 0.295 e. The van der Waals surface area contributed by atoms with Gasteiger partial charge in [-0.1, -0.05) is 0 Å². The van der Waals surface area contributed by atoms with E-state index in [2.05, 4.69) is 15.1 Å². The molecule has 0 saturated heterocycles. The fraction of sp³-hybridized carbons (Fsp3) is 0.0714. The Labute approximate surface area is 134 Å². The molecular formula is C14H9N7O3. The quantitative estimate of drug-likeness (QED) is 0.397. The van der Waals surface area contributed by atoms with Crippen molar-refractivity contribution in [1.29, 1.82) is 5.26 Å². The molecule has 10 nitrogen and oxygen atoms in total. The zero-order valence-corrected chi connectivity index (χ0v) is 12.3. The second kappa shape index (κ2) is 5.73. The van der Waals surface area contributed by atoms with E-state index < -0.39 is 10.7 Å². The molecule has 24 heavy (non-hydrogen) atoms. The largest absolute Gasteiger partial charge is 0.331 e. The third-order valence-electron chi connectivity index (χ3n) is 3.30. The van der Waals surface area contributed by atoms with Gasteiger partial charge < -0.3 is 4.57 Å². The molecule has 0 amide bonds. The highest BCUT2D eigenvalue weighted by molar-refractivity contribution is 6.07. The Morgan fingerprint density at radius 2 is 2.17 bits per heavy atom. The van der Waals surface area contributed by atoms with E-state index in [1.807, 2.05) is 0 Å². The summed E-state index contributed by atoms with van der Waals surface area (Å²) in [5.74, 6) is -0.379. The van der Waals surface area contributed by atoms with Gasteiger partial charge in [0.25, 0.3) is 11.5 Å². The summed E-state index contributed by atoms with van der Waals surface area (Å²) in [6.07, 6.45) is 4.27. The Kier molecular flexibility index (Phi) is 3.59. The molecule has 0 unspecified atom stereocenters.